The average Bonchev–Trinajstić information content (AvgIpc) is 3.49. The molecule has 3 aliphatic rings. The number of nitrogens with one attached hydrogen (secondary N) is 1. The summed E-state index contributed by atoms with van der Waals surface area (Å²) in [5.74, 6) is -1.43. The predicted molar refractivity (Wildman–Crippen MR) is 111 cm³/mol. The van der Waals surface area contributed by atoms with Crippen molar-refractivity contribution in [2.75, 3.05) is 11.9 Å². The van der Waals surface area contributed by atoms with Crippen molar-refractivity contribution < 1.29 is 22.7 Å². The molecule has 0 aromatic heterocycles. The minimum Gasteiger partial charge on any atom is -0.338 e. The summed E-state index contributed by atoms with van der Waals surface area (Å²) in [6.07, 6.45) is 3.84. The summed E-state index contributed by atoms with van der Waals surface area (Å²) >= 11 is 12.1. The third-order valence-corrected chi connectivity index (χ3v) is 8.22. The van der Waals surface area contributed by atoms with Crippen molar-refractivity contribution in [3.63, 3.8) is 0 Å². The molecule has 0 bridgehead atoms. The lowest BCUT2D eigenvalue weighted by atomic mass is 10.0. The monoisotopic (exact) mass is 467 g/mol. The van der Waals surface area contributed by atoms with Crippen LogP contribution >= 0.6 is 23.2 Å². The Balaban J connectivity index is 1.56. The molecule has 30 heavy (non-hydrogen) atoms. The second-order valence-corrected chi connectivity index (χ2v) is 10.7. The van der Waals surface area contributed by atoms with Crippen molar-refractivity contribution in [2.24, 2.45) is 5.92 Å². The summed E-state index contributed by atoms with van der Waals surface area (Å²) in [4.78, 5) is 12.7. The van der Waals surface area contributed by atoms with Gasteiger partial charge in [-0.3, -0.25) is 4.79 Å². The number of benzene rings is 2. The molecule has 2 aromatic rings. The zero-order chi connectivity index (χ0) is 21.1. The van der Waals surface area contributed by atoms with E-state index in [4.69, 9.17) is 32.7 Å². The van der Waals surface area contributed by atoms with Gasteiger partial charge in [0, 0.05) is 10.6 Å². The van der Waals surface area contributed by atoms with Gasteiger partial charge in [0.05, 0.1) is 33.2 Å². The Morgan fingerprint density at radius 1 is 1.10 bits per heavy atom. The fraction of sp³-hybridized carbons (Fsp3) is 0.381. The van der Waals surface area contributed by atoms with Gasteiger partial charge in [-0.15, -0.1) is 0 Å². The Kier molecular flexibility index (Phi) is 4.87. The number of carbonyl (C=O) groups excluding carboxylic acids is 1. The highest BCUT2D eigenvalue weighted by Gasteiger charge is 2.53. The van der Waals surface area contributed by atoms with Crippen LogP contribution in [0.15, 0.2) is 46.2 Å². The maximum Gasteiger partial charge on any atom is 0.289 e. The Morgan fingerprint density at radius 3 is 2.67 bits per heavy atom. The fourth-order valence-corrected chi connectivity index (χ4v) is 6.06. The van der Waals surface area contributed by atoms with Crippen LogP contribution in [0.4, 0.5) is 5.69 Å². The van der Waals surface area contributed by atoms with Crippen LogP contribution in [0, 0.1) is 5.92 Å². The van der Waals surface area contributed by atoms with Crippen LogP contribution in [-0.4, -0.2) is 27.0 Å². The Hall–Kier alpha value is -1.64. The maximum absolute atomic E-state index is 13.2. The van der Waals surface area contributed by atoms with Crippen LogP contribution in [0.1, 0.15) is 31.2 Å². The van der Waals surface area contributed by atoms with E-state index in [1.165, 1.54) is 43.2 Å². The van der Waals surface area contributed by atoms with Crippen LogP contribution in [0.3, 0.4) is 0 Å². The number of sulfone groups is 1. The minimum absolute atomic E-state index is 0.0159. The van der Waals surface area contributed by atoms with Crippen LogP contribution in [0.5, 0.6) is 0 Å². The topological polar surface area (TPSA) is 81.7 Å². The summed E-state index contributed by atoms with van der Waals surface area (Å²) in [7, 11) is -3.98. The third kappa shape index (κ3) is 3.33. The van der Waals surface area contributed by atoms with E-state index in [9.17, 15) is 13.2 Å². The van der Waals surface area contributed by atoms with E-state index < -0.39 is 21.5 Å². The van der Waals surface area contributed by atoms with E-state index in [0.717, 1.165) is 6.42 Å². The molecule has 2 aliphatic heterocycles. The van der Waals surface area contributed by atoms with Gasteiger partial charge in [0.1, 0.15) is 0 Å². The molecule has 2 heterocycles. The number of fused-ring (bicyclic) bond motifs is 2. The first kappa shape index (κ1) is 20.3. The van der Waals surface area contributed by atoms with E-state index in [2.05, 4.69) is 5.32 Å². The standard InChI is InChI=1S/C21H19Cl2NO5S/c22-13-3-5-17(23)19(10-13)30(26,27)15-4-6-18-16(11-15)21(20(25)24-18)28-8-7-14(29-21)9-12-1-2-12/h3-6,10-12,14H,1-2,7-9H2,(H,24,25)/t14?,21-/m1/s1. The first-order chi connectivity index (χ1) is 14.3. The molecule has 1 saturated heterocycles. The van der Waals surface area contributed by atoms with Crippen molar-refractivity contribution in [2.45, 2.75) is 47.4 Å². The molecule has 1 unspecified atom stereocenters. The first-order valence-electron chi connectivity index (χ1n) is 9.77. The maximum atomic E-state index is 13.2. The number of hydrogen-bond acceptors (Lipinski definition) is 5. The van der Waals surface area contributed by atoms with Crippen molar-refractivity contribution >= 4 is 44.6 Å². The van der Waals surface area contributed by atoms with Gasteiger partial charge in [-0.05, 0) is 55.2 Å². The number of amides is 1. The molecular formula is C21H19Cl2NO5S. The number of hydrogen-bond donors (Lipinski definition) is 1. The highest BCUT2D eigenvalue weighted by atomic mass is 35.5. The van der Waals surface area contributed by atoms with Crippen molar-refractivity contribution in [3.05, 3.63) is 52.0 Å². The van der Waals surface area contributed by atoms with Gasteiger partial charge >= 0.3 is 0 Å². The number of rotatable bonds is 4. The molecule has 5 rings (SSSR count). The molecule has 1 spiro atoms. The quantitative estimate of drug-likeness (QED) is 0.713. The van der Waals surface area contributed by atoms with Gasteiger partial charge < -0.3 is 14.8 Å². The molecule has 6 nitrogen and oxygen atoms in total. The minimum atomic E-state index is -3.98. The van der Waals surface area contributed by atoms with Crippen LogP contribution in [-0.2, 0) is 29.9 Å². The normalized spacial score (nSPS) is 25.9. The smallest absolute Gasteiger partial charge is 0.289 e. The second-order valence-electron chi connectivity index (χ2n) is 7.91. The van der Waals surface area contributed by atoms with Gasteiger partial charge in [0.2, 0.25) is 9.84 Å². The molecule has 2 fully saturated rings. The van der Waals surface area contributed by atoms with Gasteiger partial charge in [0.15, 0.2) is 0 Å². The number of carbonyl (C=O) groups is 1. The van der Waals surface area contributed by atoms with Crippen molar-refractivity contribution in [1.29, 1.82) is 0 Å². The summed E-state index contributed by atoms with van der Waals surface area (Å²) in [6.45, 7) is 0.362. The fourth-order valence-electron chi connectivity index (χ4n) is 4.02. The van der Waals surface area contributed by atoms with Crippen LogP contribution in [0.25, 0.3) is 0 Å². The summed E-state index contributed by atoms with van der Waals surface area (Å²) in [5, 5.41) is 3.08. The molecule has 2 atom stereocenters. The summed E-state index contributed by atoms with van der Waals surface area (Å²) in [5.41, 5.74) is 0.843. The highest BCUT2D eigenvalue weighted by Crippen LogP contribution is 2.46. The molecule has 1 amide bonds. The summed E-state index contributed by atoms with van der Waals surface area (Å²) in [6, 6.07) is 8.67. The third-order valence-electron chi connectivity index (χ3n) is 5.76. The zero-order valence-electron chi connectivity index (χ0n) is 15.9. The second kappa shape index (κ2) is 7.21. The summed E-state index contributed by atoms with van der Waals surface area (Å²) < 4.78 is 38.5. The lowest BCUT2D eigenvalue weighted by Gasteiger charge is -2.37. The molecule has 9 heteroatoms. The first-order valence-corrected chi connectivity index (χ1v) is 12.0. The van der Waals surface area contributed by atoms with Crippen molar-refractivity contribution in [1.82, 2.24) is 0 Å². The Morgan fingerprint density at radius 2 is 1.90 bits per heavy atom. The molecular weight excluding hydrogens is 449 g/mol. The zero-order valence-corrected chi connectivity index (χ0v) is 18.2. The molecule has 0 radical (unpaired) electrons. The molecule has 1 aliphatic carbocycles. The Labute approximate surface area is 184 Å². The SMILES string of the molecule is O=C1Nc2ccc(S(=O)(=O)c3cc(Cl)ccc3Cl)cc2[C@]12OCCC(CC1CC1)O2. The van der Waals surface area contributed by atoms with Gasteiger partial charge in [-0.25, -0.2) is 8.42 Å². The Bertz CT molecular complexity index is 1150. The highest BCUT2D eigenvalue weighted by molar-refractivity contribution is 7.91. The van der Waals surface area contributed by atoms with E-state index in [1.807, 2.05) is 0 Å². The molecule has 1 saturated carbocycles. The van der Waals surface area contributed by atoms with E-state index >= 15 is 0 Å². The van der Waals surface area contributed by atoms with Crippen molar-refractivity contribution in [3.8, 4) is 0 Å². The van der Waals surface area contributed by atoms with E-state index in [-0.39, 0.29) is 25.9 Å². The lowest BCUT2D eigenvalue weighted by Crippen LogP contribution is -2.47. The number of ether oxygens (including phenoxy) is 2. The molecule has 2 aromatic carbocycles. The van der Waals surface area contributed by atoms with Gasteiger partial charge in [0.25, 0.3) is 11.7 Å². The van der Waals surface area contributed by atoms with Gasteiger partial charge in [-0.1, -0.05) is 36.0 Å². The van der Waals surface area contributed by atoms with Gasteiger partial charge in [-0.2, -0.15) is 0 Å². The number of halogens is 2. The van der Waals surface area contributed by atoms with E-state index in [1.54, 1.807) is 6.07 Å². The van der Waals surface area contributed by atoms with Crippen LogP contribution in [0.2, 0.25) is 10.0 Å². The van der Waals surface area contributed by atoms with E-state index in [0.29, 0.717) is 30.2 Å². The largest absolute Gasteiger partial charge is 0.338 e. The predicted octanol–water partition coefficient (Wildman–Crippen LogP) is 4.54. The molecule has 1 N–H and O–H groups in total. The number of anilines is 1. The molecule has 158 valence electrons. The lowest BCUT2D eigenvalue weighted by molar-refractivity contribution is -0.281. The van der Waals surface area contributed by atoms with Crippen LogP contribution < -0.4 is 5.32 Å². The average molecular weight is 468 g/mol.